The van der Waals surface area contributed by atoms with E-state index in [1.54, 1.807) is 0 Å². The smallest absolute Gasteiger partial charge is 0.309 e. The summed E-state index contributed by atoms with van der Waals surface area (Å²) >= 11 is 0. The molecule has 1 atom stereocenters. The highest BCUT2D eigenvalue weighted by atomic mass is 16.4. The predicted molar refractivity (Wildman–Crippen MR) is 80.8 cm³/mol. The molecule has 1 aromatic carbocycles. The van der Waals surface area contributed by atoms with Gasteiger partial charge in [0.1, 0.15) is 0 Å². The Morgan fingerprint density at radius 3 is 2.60 bits per heavy atom. The normalized spacial score (nSPS) is 14.4. The van der Waals surface area contributed by atoms with Gasteiger partial charge in [0.25, 0.3) is 0 Å². The summed E-state index contributed by atoms with van der Waals surface area (Å²) in [6.45, 7) is 7.70. The number of fused-ring (bicyclic) bond motifs is 1. The van der Waals surface area contributed by atoms with Crippen molar-refractivity contribution >= 4 is 16.9 Å². The number of aliphatic carboxylic acids is 1. The summed E-state index contributed by atoms with van der Waals surface area (Å²) in [4.78, 5) is 16.2. The second-order valence-electron chi connectivity index (χ2n) is 5.99. The van der Waals surface area contributed by atoms with Gasteiger partial charge in [-0.1, -0.05) is 32.0 Å². The van der Waals surface area contributed by atoms with Crippen LogP contribution in [0.25, 0.3) is 10.9 Å². The van der Waals surface area contributed by atoms with E-state index in [2.05, 4.69) is 4.98 Å². The highest BCUT2D eigenvalue weighted by molar-refractivity contribution is 5.83. The molecule has 3 nitrogen and oxygen atoms in total. The molecule has 20 heavy (non-hydrogen) atoms. The van der Waals surface area contributed by atoms with E-state index in [0.717, 1.165) is 22.2 Å². The lowest BCUT2D eigenvalue weighted by Gasteiger charge is -2.29. The molecule has 2 aromatic rings. The number of aromatic nitrogens is 1. The lowest BCUT2D eigenvalue weighted by molar-refractivity contribution is -0.150. The van der Waals surface area contributed by atoms with E-state index >= 15 is 0 Å². The van der Waals surface area contributed by atoms with Gasteiger partial charge in [-0.05, 0) is 43.9 Å². The van der Waals surface area contributed by atoms with Crippen molar-refractivity contribution in [3.63, 3.8) is 0 Å². The van der Waals surface area contributed by atoms with Crippen LogP contribution in [0.1, 0.15) is 32.0 Å². The molecule has 3 heteroatoms. The average molecular weight is 271 g/mol. The Morgan fingerprint density at radius 2 is 2.00 bits per heavy atom. The van der Waals surface area contributed by atoms with E-state index in [4.69, 9.17) is 0 Å². The summed E-state index contributed by atoms with van der Waals surface area (Å²) in [6, 6.07) is 9.92. The number of hydrogen-bond donors (Lipinski definition) is 1. The molecule has 1 N–H and O–H groups in total. The van der Waals surface area contributed by atoms with E-state index in [1.165, 1.54) is 0 Å². The standard InChI is InChI=1S/C17H21NO2/c1-11(2)17(4,16(19)20)10-13-9-12(3)18-15-8-6-5-7-14(13)15/h5-9,11H,10H2,1-4H3,(H,19,20). The zero-order valence-electron chi connectivity index (χ0n) is 12.5. The second kappa shape index (κ2) is 5.23. The molecule has 0 aliphatic rings. The molecule has 0 amide bonds. The summed E-state index contributed by atoms with van der Waals surface area (Å²) in [5, 5.41) is 10.6. The third-order valence-corrected chi connectivity index (χ3v) is 4.25. The quantitative estimate of drug-likeness (QED) is 0.919. The van der Waals surface area contributed by atoms with Crippen molar-refractivity contribution in [2.24, 2.45) is 11.3 Å². The zero-order valence-corrected chi connectivity index (χ0v) is 12.5. The molecule has 0 bridgehead atoms. The maximum absolute atomic E-state index is 11.7. The van der Waals surface area contributed by atoms with E-state index in [1.807, 2.05) is 58.0 Å². The highest BCUT2D eigenvalue weighted by Gasteiger charge is 2.37. The van der Waals surface area contributed by atoms with Crippen molar-refractivity contribution in [3.05, 3.63) is 41.6 Å². The summed E-state index contributed by atoms with van der Waals surface area (Å²) in [5.41, 5.74) is 2.15. The molecule has 1 aromatic heterocycles. The number of carbonyl (C=O) groups is 1. The number of carboxylic acids is 1. The first-order valence-electron chi connectivity index (χ1n) is 6.93. The molecule has 0 saturated carbocycles. The van der Waals surface area contributed by atoms with Crippen molar-refractivity contribution in [2.75, 3.05) is 0 Å². The van der Waals surface area contributed by atoms with Crippen molar-refractivity contribution < 1.29 is 9.90 Å². The molecule has 0 fully saturated rings. The first-order chi connectivity index (χ1) is 9.34. The number of carboxylic acid groups (broad SMARTS) is 1. The van der Waals surface area contributed by atoms with E-state index in [-0.39, 0.29) is 5.92 Å². The Kier molecular flexibility index (Phi) is 3.80. The van der Waals surface area contributed by atoms with Crippen LogP contribution in [0.2, 0.25) is 0 Å². The summed E-state index contributed by atoms with van der Waals surface area (Å²) < 4.78 is 0. The number of pyridine rings is 1. The monoisotopic (exact) mass is 271 g/mol. The molecule has 0 aliphatic carbocycles. The molecule has 2 rings (SSSR count). The third-order valence-electron chi connectivity index (χ3n) is 4.25. The minimum atomic E-state index is -0.767. The topological polar surface area (TPSA) is 50.2 Å². The summed E-state index contributed by atoms with van der Waals surface area (Å²) in [5.74, 6) is -0.682. The summed E-state index contributed by atoms with van der Waals surface area (Å²) in [6.07, 6.45) is 0.518. The molecule has 0 radical (unpaired) electrons. The van der Waals surface area contributed by atoms with E-state index in [9.17, 15) is 9.90 Å². The largest absolute Gasteiger partial charge is 0.481 e. The number of nitrogens with zero attached hydrogens (tertiary/aromatic N) is 1. The molecule has 106 valence electrons. The Morgan fingerprint density at radius 1 is 1.35 bits per heavy atom. The van der Waals surface area contributed by atoms with Crippen LogP contribution in [0.3, 0.4) is 0 Å². The average Bonchev–Trinajstić information content (AvgIpc) is 2.37. The van der Waals surface area contributed by atoms with Gasteiger partial charge < -0.3 is 5.11 Å². The highest BCUT2D eigenvalue weighted by Crippen LogP contribution is 2.34. The van der Waals surface area contributed by atoms with Gasteiger partial charge in [0.2, 0.25) is 0 Å². The van der Waals surface area contributed by atoms with Crippen LogP contribution in [0.5, 0.6) is 0 Å². The lowest BCUT2D eigenvalue weighted by Crippen LogP contribution is -2.35. The fourth-order valence-electron chi connectivity index (χ4n) is 2.46. The van der Waals surface area contributed by atoms with E-state index in [0.29, 0.717) is 6.42 Å². The van der Waals surface area contributed by atoms with Crippen LogP contribution in [0.4, 0.5) is 0 Å². The van der Waals surface area contributed by atoms with Crippen molar-refractivity contribution in [3.8, 4) is 0 Å². The maximum atomic E-state index is 11.7. The van der Waals surface area contributed by atoms with Crippen LogP contribution in [0, 0.1) is 18.3 Å². The molecule has 0 aliphatic heterocycles. The molecule has 0 saturated heterocycles. The van der Waals surface area contributed by atoms with Gasteiger partial charge in [0, 0.05) is 11.1 Å². The van der Waals surface area contributed by atoms with Gasteiger partial charge in [-0.25, -0.2) is 0 Å². The van der Waals surface area contributed by atoms with Gasteiger partial charge in [-0.3, -0.25) is 9.78 Å². The van der Waals surface area contributed by atoms with Crippen molar-refractivity contribution in [1.29, 1.82) is 0 Å². The van der Waals surface area contributed by atoms with E-state index < -0.39 is 11.4 Å². The fraction of sp³-hybridized carbons (Fsp3) is 0.412. The van der Waals surface area contributed by atoms with Crippen LogP contribution in [-0.4, -0.2) is 16.1 Å². The van der Waals surface area contributed by atoms with Gasteiger partial charge in [-0.2, -0.15) is 0 Å². The SMILES string of the molecule is Cc1cc(CC(C)(C(=O)O)C(C)C)c2ccccc2n1. The molecular formula is C17H21NO2. The number of aryl methyl sites for hydroxylation is 1. The Hall–Kier alpha value is -1.90. The molecule has 1 heterocycles. The third kappa shape index (κ3) is 2.53. The van der Waals surface area contributed by atoms with Crippen LogP contribution >= 0.6 is 0 Å². The van der Waals surface area contributed by atoms with Gasteiger partial charge in [0.15, 0.2) is 0 Å². The predicted octanol–water partition coefficient (Wildman–Crippen LogP) is 3.83. The molecule has 1 unspecified atom stereocenters. The number of benzene rings is 1. The van der Waals surface area contributed by atoms with Gasteiger partial charge in [-0.15, -0.1) is 0 Å². The van der Waals surface area contributed by atoms with Crippen molar-refractivity contribution in [2.45, 2.75) is 34.1 Å². The zero-order chi connectivity index (χ0) is 14.9. The number of hydrogen-bond acceptors (Lipinski definition) is 2. The first kappa shape index (κ1) is 14.5. The van der Waals surface area contributed by atoms with Crippen LogP contribution < -0.4 is 0 Å². The minimum Gasteiger partial charge on any atom is -0.481 e. The Balaban J connectivity index is 2.55. The molecule has 0 spiro atoms. The first-order valence-corrected chi connectivity index (χ1v) is 6.93. The number of rotatable bonds is 4. The maximum Gasteiger partial charge on any atom is 0.309 e. The van der Waals surface area contributed by atoms with Crippen LogP contribution in [-0.2, 0) is 11.2 Å². The molecular weight excluding hydrogens is 250 g/mol. The van der Waals surface area contributed by atoms with Gasteiger partial charge >= 0.3 is 5.97 Å². The Bertz CT molecular complexity index is 648. The number of para-hydroxylation sites is 1. The Labute approximate surface area is 119 Å². The lowest BCUT2D eigenvalue weighted by atomic mass is 9.74. The van der Waals surface area contributed by atoms with Crippen molar-refractivity contribution in [1.82, 2.24) is 4.98 Å². The fourth-order valence-corrected chi connectivity index (χ4v) is 2.46. The van der Waals surface area contributed by atoms with Crippen LogP contribution in [0.15, 0.2) is 30.3 Å². The minimum absolute atomic E-state index is 0.0623. The van der Waals surface area contributed by atoms with Gasteiger partial charge in [0.05, 0.1) is 10.9 Å². The second-order valence-corrected chi connectivity index (χ2v) is 5.99. The summed E-state index contributed by atoms with van der Waals surface area (Å²) in [7, 11) is 0.